The molecule has 1 saturated carbocycles. The van der Waals surface area contributed by atoms with E-state index >= 15 is 0 Å². The Bertz CT molecular complexity index is 187. The van der Waals surface area contributed by atoms with Gasteiger partial charge in [0.1, 0.15) is 0 Å². The predicted molar refractivity (Wildman–Crippen MR) is 63.4 cm³/mol. The van der Waals surface area contributed by atoms with Crippen molar-refractivity contribution >= 4 is 15.9 Å². The molecule has 0 saturated heterocycles. The fraction of sp³-hybridized carbons (Fsp3) is 0.917. The van der Waals surface area contributed by atoms with Crippen molar-refractivity contribution in [3.8, 4) is 6.07 Å². The predicted octanol–water partition coefficient (Wildman–Crippen LogP) is 4.42. The van der Waals surface area contributed by atoms with Crippen LogP contribution in [0.1, 0.15) is 57.8 Å². The van der Waals surface area contributed by atoms with Gasteiger partial charge in [-0.2, -0.15) is 5.26 Å². The second kappa shape index (κ2) is 6.45. The lowest BCUT2D eigenvalue weighted by Gasteiger charge is -2.31. The topological polar surface area (TPSA) is 23.8 Å². The lowest BCUT2D eigenvalue weighted by molar-refractivity contribution is 0.218. The van der Waals surface area contributed by atoms with Crippen LogP contribution in [0.15, 0.2) is 0 Å². The zero-order valence-electron chi connectivity index (χ0n) is 8.90. The third-order valence-corrected chi connectivity index (χ3v) is 3.95. The SMILES string of the molecule is N#CCCC1(CCBr)CCCCCC1. The van der Waals surface area contributed by atoms with Crippen LogP contribution < -0.4 is 0 Å². The van der Waals surface area contributed by atoms with Gasteiger partial charge in [-0.3, -0.25) is 0 Å². The second-order valence-electron chi connectivity index (χ2n) is 4.51. The maximum atomic E-state index is 8.69. The summed E-state index contributed by atoms with van der Waals surface area (Å²) in [6, 6.07) is 2.30. The third-order valence-electron chi connectivity index (χ3n) is 3.56. The summed E-state index contributed by atoms with van der Waals surface area (Å²) in [4.78, 5) is 0. The fourth-order valence-corrected chi connectivity index (χ4v) is 3.47. The first-order chi connectivity index (χ1) is 6.83. The molecule has 80 valence electrons. The van der Waals surface area contributed by atoms with Crippen LogP contribution in [0.4, 0.5) is 0 Å². The van der Waals surface area contributed by atoms with E-state index in [1.165, 1.54) is 44.9 Å². The van der Waals surface area contributed by atoms with Crippen LogP contribution in [0.2, 0.25) is 0 Å². The highest BCUT2D eigenvalue weighted by atomic mass is 79.9. The van der Waals surface area contributed by atoms with E-state index in [-0.39, 0.29) is 0 Å². The lowest BCUT2D eigenvalue weighted by Crippen LogP contribution is -2.20. The molecule has 14 heavy (non-hydrogen) atoms. The van der Waals surface area contributed by atoms with Gasteiger partial charge in [-0.1, -0.05) is 41.6 Å². The van der Waals surface area contributed by atoms with Gasteiger partial charge in [0.05, 0.1) is 6.07 Å². The maximum absolute atomic E-state index is 8.69. The molecule has 0 atom stereocenters. The molecule has 0 aromatic rings. The number of rotatable bonds is 4. The number of alkyl halides is 1. The summed E-state index contributed by atoms with van der Waals surface area (Å²) >= 11 is 3.55. The van der Waals surface area contributed by atoms with Crippen LogP contribution in [0.3, 0.4) is 0 Å². The normalized spacial score (nSPS) is 21.1. The van der Waals surface area contributed by atoms with Crippen molar-refractivity contribution in [1.29, 1.82) is 5.26 Å². The van der Waals surface area contributed by atoms with Crippen molar-refractivity contribution in [3.63, 3.8) is 0 Å². The van der Waals surface area contributed by atoms with Crippen molar-refractivity contribution in [2.75, 3.05) is 5.33 Å². The standard InChI is InChI=1S/C12H20BrN/c13-10-9-12(8-5-11-14)6-3-1-2-4-7-12/h1-10H2. The second-order valence-corrected chi connectivity index (χ2v) is 5.30. The van der Waals surface area contributed by atoms with E-state index in [1.807, 2.05) is 0 Å². The molecule has 1 fully saturated rings. The Labute approximate surface area is 96.0 Å². The lowest BCUT2D eigenvalue weighted by atomic mass is 9.74. The molecule has 0 spiro atoms. The van der Waals surface area contributed by atoms with Crippen molar-refractivity contribution in [2.24, 2.45) is 5.41 Å². The molecule has 0 unspecified atom stereocenters. The Morgan fingerprint density at radius 2 is 1.71 bits per heavy atom. The largest absolute Gasteiger partial charge is 0.198 e. The van der Waals surface area contributed by atoms with Gasteiger partial charge in [-0.05, 0) is 31.1 Å². The van der Waals surface area contributed by atoms with Gasteiger partial charge in [0, 0.05) is 11.8 Å². The van der Waals surface area contributed by atoms with E-state index in [0.717, 1.165) is 18.2 Å². The van der Waals surface area contributed by atoms with Crippen molar-refractivity contribution in [3.05, 3.63) is 0 Å². The molecule has 0 aliphatic heterocycles. The summed E-state index contributed by atoms with van der Waals surface area (Å²) in [5.74, 6) is 0. The summed E-state index contributed by atoms with van der Waals surface area (Å²) in [6.07, 6.45) is 11.4. The number of hydrogen-bond donors (Lipinski definition) is 0. The Balaban J connectivity index is 2.53. The zero-order chi connectivity index (χ0) is 10.3. The van der Waals surface area contributed by atoms with Crippen LogP contribution in [0.25, 0.3) is 0 Å². The molecule has 1 aliphatic rings. The van der Waals surface area contributed by atoms with Crippen LogP contribution in [-0.2, 0) is 0 Å². The minimum Gasteiger partial charge on any atom is -0.198 e. The van der Waals surface area contributed by atoms with Crippen molar-refractivity contribution < 1.29 is 0 Å². The fourth-order valence-electron chi connectivity index (χ4n) is 2.63. The number of hydrogen-bond acceptors (Lipinski definition) is 1. The monoisotopic (exact) mass is 257 g/mol. The number of halogens is 1. The first-order valence-electron chi connectivity index (χ1n) is 5.76. The van der Waals surface area contributed by atoms with Gasteiger partial charge in [0.15, 0.2) is 0 Å². The summed E-state index contributed by atoms with van der Waals surface area (Å²) in [5.41, 5.74) is 0.496. The minimum atomic E-state index is 0.496. The quantitative estimate of drug-likeness (QED) is 0.541. The van der Waals surface area contributed by atoms with Gasteiger partial charge in [-0.15, -0.1) is 0 Å². The van der Waals surface area contributed by atoms with Gasteiger partial charge >= 0.3 is 0 Å². The van der Waals surface area contributed by atoms with Gasteiger partial charge in [0.2, 0.25) is 0 Å². The highest BCUT2D eigenvalue weighted by Gasteiger charge is 2.29. The molecule has 0 radical (unpaired) electrons. The Hall–Kier alpha value is -0.0300. The molecular weight excluding hydrogens is 238 g/mol. The summed E-state index contributed by atoms with van der Waals surface area (Å²) in [6.45, 7) is 0. The molecule has 1 rings (SSSR count). The van der Waals surface area contributed by atoms with E-state index in [2.05, 4.69) is 22.0 Å². The van der Waals surface area contributed by atoms with Crippen LogP contribution in [0.5, 0.6) is 0 Å². The average molecular weight is 258 g/mol. The van der Waals surface area contributed by atoms with Crippen LogP contribution >= 0.6 is 15.9 Å². The van der Waals surface area contributed by atoms with E-state index in [4.69, 9.17) is 5.26 Å². The van der Waals surface area contributed by atoms with E-state index in [9.17, 15) is 0 Å². The third kappa shape index (κ3) is 3.61. The molecule has 0 heterocycles. The number of nitrogens with zero attached hydrogens (tertiary/aromatic N) is 1. The Morgan fingerprint density at radius 1 is 1.07 bits per heavy atom. The molecule has 0 amide bonds. The van der Waals surface area contributed by atoms with Gasteiger partial charge < -0.3 is 0 Å². The number of nitriles is 1. The molecule has 0 aromatic carbocycles. The zero-order valence-corrected chi connectivity index (χ0v) is 10.5. The summed E-state index contributed by atoms with van der Waals surface area (Å²) in [5, 5.41) is 9.78. The first-order valence-corrected chi connectivity index (χ1v) is 6.88. The van der Waals surface area contributed by atoms with Gasteiger partial charge in [-0.25, -0.2) is 0 Å². The van der Waals surface area contributed by atoms with Crippen LogP contribution in [0, 0.1) is 16.7 Å². The van der Waals surface area contributed by atoms with E-state index < -0.39 is 0 Å². The molecule has 0 N–H and O–H groups in total. The minimum absolute atomic E-state index is 0.496. The molecule has 2 heteroatoms. The van der Waals surface area contributed by atoms with E-state index in [1.54, 1.807) is 0 Å². The molecule has 1 nitrogen and oxygen atoms in total. The van der Waals surface area contributed by atoms with Crippen molar-refractivity contribution in [2.45, 2.75) is 57.8 Å². The summed E-state index contributed by atoms with van der Waals surface area (Å²) < 4.78 is 0. The maximum Gasteiger partial charge on any atom is 0.0621 e. The molecule has 1 aliphatic carbocycles. The highest BCUT2D eigenvalue weighted by molar-refractivity contribution is 9.09. The Morgan fingerprint density at radius 3 is 2.21 bits per heavy atom. The molecule has 0 bridgehead atoms. The van der Waals surface area contributed by atoms with Crippen molar-refractivity contribution in [1.82, 2.24) is 0 Å². The van der Waals surface area contributed by atoms with Gasteiger partial charge in [0.25, 0.3) is 0 Å². The smallest absolute Gasteiger partial charge is 0.0621 e. The first kappa shape index (κ1) is 12.0. The van der Waals surface area contributed by atoms with Crippen LogP contribution in [-0.4, -0.2) is 5.33 Å². The highest BCUT2D eigenvalue weighted by Crippen LogP contribution is 2.42. The van der Waals surface area contributed by atoms with E-state index in [0.29, 0.717) is 5.41 Å². The Kier molecular flexibility index (Phi) is 5.55. The summed E-state index contributed by atoms with van der Waals surface area (Å²) in [7, 11) is 0. The molecule has 0 aromatic heterocycles. The average Bonchev–Trinajstić information content (AvgIpc) is 2.42. The molecular formula is C12H20BrN.